The normalized spacial score (nSPS) is 22.5. The van der Waals surface area contributed by atoms with Crippen molar-refractivity contribution in [1.82, 2.24) is 4.90 Å². The van der Waals surface area contributed by atoms with E-state index in [1.54, 1.807) is 32.4 Å². The van der Waals surface area contributed by atoms with Gasteiger partial charge in [0.05, 0.1) is 26.4 Å². The van der Waals surface area contributed by atoms with E-state index in [2.05, 4.69) is 0 Å². The first-order valence-corrected chi connectivity index (χ1v) is 6.71. The van der Waals surface area contributed by atoms with Crippen LogP contribution in [0.2, 0.25) is 0 Å². The van der Waals surface area contributed by atoms with E-state index in [9.17, 15) is 4.79 Å². The lowest BCUT2D eigenvalue weighted by molar-refractivity contribution is -0.0586. The number of carbonyl (C=O) groups excluding carboxylic acids is 1. The topological polar surface area (TPSA) is 48.0 Å². The fourth-order valence-corrected chi connectivity index (χ4v) is 2.46. The number of methoxy groups -OCH3 is 2. The van der Waals surface area contributed by atoms with Crippen LogP contribution in [0.5, 0.6) is 11.5 Å². The average molecular weight is 279 g/mol. The first-order valence-electron chi connectivity index (χ1n) is 6.71. The van der Waals surface area contributed by atoms with Crippen molar-refractivity contribution in [2.45, 2.75) is 26.1 Å². The number of carbonyl (C=O) groups is 1. The van der Waals surface area contributed by atoms with Crippen LogP contribution >= 0.6 is 0 Å². The van der Waals surface area contributed by atoms with Gasteiger partial charge in [-0.2, -0.15) is 0 Å². The Balaban J connectivity index is 2.23. The summed E-state index contributed by atoms with van der Waals surface area (Å²) in [6.07, 6.45) is 0.102. The molecule has 0 N–H and O–H groups in total. The molecule has 2 atom stereocenters. The molecule has 20 heavy (non-hydrogen) atoms. The lowest BCUT2D eigenvalue weighted by Gasteiger charge is -2.35. The Hall–Kier alpha value is -1.75. The molecule has 1 aromatic carbocycles. The molecule has 5 nitrogen and oxygen atoms in total. The van der Waals surface area contributed by atoms with Gasteiger partial charge in [0.1, 0.15) is 11.5 Å². The molecule has 0 aromatic heterocycles. The molecule has 2 rings (SSSR count). The number of hydrogen-bond donors (Lipinski definition) is 0. The van der Waals surface area contributed by atoms with E-state index in [0.29, 0.717) is 30.2 Å². The highest BCUT2D eigenvalue weighted by atomic mass is 16.5. The minimum atomic E-state index is -0.0239. The fraction of sp³-hybridized carbons (Fsp3) is 0.533. The SMILES string of the molecule is COc1cc(OC)cc(C(=O)N2CC(C)OC(C)C2)c1. The van der Waals surface area contributed by atoms with Gasteiger partial charge in [-0.1, -0.05) is 0 Å². The van der Waals surface area contributed by atoms with E-state index in [4.69, 9.17) is 14.2 Å². The van der Waals surface area contributed by atoms with Crippen LogP contribution < -0.4 is 9.47 Å². The second-order valence-electron chi connectivity index (χ2n) is 5.07. The monoisotopic (exact) mass is 279 g/mol. The third-order valence-corrected chi connectivity index (χ3v) is 3.31. The molecule has 0 spiro atoms. The number of rotatable bonds is 3. The zero-order valence-corrected chi connectivity index (χ0v) is 12.4. The van der Waals surface area contributed by atoms with Crippen molar-refractivity contribution in [3.63, 3.8) is 0 Å². The van der Waals surface area contributed by atoms with E-state index in [1.165, 1.54) is 0 Å². The highest BCUT2D eigenvalue weighted by molar-refractivity contribution is 5.95. The van der Waals surface area contributed by atoms with Gasteiger partial charge in [0, 0.05) is 24.7 Å². The first-order chi connectivity index (χ1) is 9.53. The molecule has 1 aliphatic heterocycles. The average Bonchev–Trinajstić information content (AvgIpc) is 2.44. The van der Waals surface area contributed by atoms with Gasteiger partial charge in [-0.05, 0) is 26.0 Å². The predicted octanol–water partition coefficient (Wildman–Crippen LogP) is 1.95. The van der Waals surface area contributed by atoms with E-state index in [1.807, 2.05) is 18.7 Å². The summed E-state index contributed by atoms with van der Waals surface area (Å²) in [6.45, 7) is 5.15. The standard InChI is InChI=1S/C15H21NO4/c1-10-8-16(9-11(2)20-10)15(17)12-5-13(18-3)7-14(6-12)19-4/h5-7,10-11H,8-9H2,1-4H3. The maximum Gasteiger partial charge on any atom is 0.254 e. The largest absolute Gasteiger partial charge is 0.497 e. The maximum atomic E-state index is 12.6. The van der Waals surface area contributed by atoms with Gasteiger partial charge in [-0.25, -0.2) is 0 Å². The van der Waals surface area contributed by atoms with Crippen LogP contribution in [0.15, 0.2) is 18.2 Å². The van der Waals surface area contributed by atoms with Crippen LogP contribution in [-0.2, 0) is 4.74 Å². The van der Waals surface area contributed by atoms with Crippen molar-refractivity contribution in [2.24, 2.45) is 0 Å². The van der Waals surface area contributed by atoms with Gasteiger partial charge < -0.3 is 19.1 Å². The molecule has 0 saturated carbocycles. The predicted molar refractivity (Wildman–Crippen MR) is 75.5 cm³/mol. The number of hydrogen-bond acceptors (Lipinski definition) is 4. The minimum Gasteiger partial charge on any atom is -0.497 e. The summed E-state index contributed by atoms with van der Waals surface area (Å²) in [6, 6.07) is 5.21. The van der Waals surface area contributed by atoms with Crippen molar-refractivity contribution >= 4 is 5.91 Å². The van der Waals surface area contributed by atoms with Crippen LogP contribution in [0.25, 0.3) is 0 Å². The van der Waals surface area contributed by atoms with Crippen molar-refractivity contribution < 1.29 is 19.0 Å². The molecule has 0 aliphatic carbocycles. The van der Waals surface area contributed by atoms with Crippen LogP contribution in [0.4, 0.5) is 0 Å². The smallest absolute Gasteiger partial charge is 0.254 e. The Bertz CT molecular complexity index is 457. The quantitative estimate of drug-likeness (QED) is 0.848. The van der Waals surface area contributed by atoms with Crippen molar-refractivity contribution in [2.75, 3.05) is 27.3 Å². The van der Waals surface area contributed by atoms with E-state index < -0.39 is 0 Å². The Labute approximate surface area is 119 Å². The highest BCUT2D eigenvalue weighted by Gasteiger charge is 2.27. The fourth-order valence-electron chi connectivity index (χ4n) is 2.46. The maximum absolute atomic E-state index is 12.6. The number of morpholine rings is 1. The number of benzene rings is 1. The molecule has 1 amide bonds. The third kappa shape index (κ3) is 3.22. The summed E-state index contributed by atoms with van der Waals surface area (Å²) in [5.41, 5.74) is 0.572. The molecule has 2 unspecified atom stereocenters. The van der Waals surface area contributed by atoms with Crippen LogP contribution in [0, 0.1) is 0 Å². The molecule has 1 aliphatic rings. The lowest BCUT2D eigenvalue weighted by Crippen LogP contribution is -2.48. The summed E-state index contributed by atoms with van der Waals surface area (Å²) >= 11 is 0. The zero-order chi connectivity index (χ0) is 14.7. The highest BCUT2D eigenvalue weighted by Crippen LogP contribution is 2.24. The Morgan fingerprint density at radius 3 is 2.05 bits per heavy atom. The molecule has 1 aromatic rings. The summed E-state index contributed by atoms with van der Waals surface area (Å²) in [7, 11) is 3.14. The van der Waals surface area contributed by atoms with Crippen molar-refractivity contribution in [3.05, 3.63) is 23.8 Å². The molecule has 1 saturated heterocycles. The van der Waals surface area contributed by atoms with E-state index >= 15 is 0 Å². The van der Waals surface area contributed by atoms with Gasteiger partial charge in [0.25, 0.3) is 5.91 Å². The van der Waals surface area contributed by atoms with Gasteiger partial charge in [-0.3, -0.25) is 4.79 Å². The second kappa shape index (κ2) is 6.13. The van der Waals surface area contributed by atoms with Crippen molar-refractivity contribution in [1.29, 1.82) is 0 Å². The van der Waals surface area contributed by atoms with Crippen LogP contribution in [-0.4, -0.2) is 50.3 Å². The van der Waals surface area contributed by atoms with Crippen LogP contribution in [0.1, 0.15) is 24.2 Å². The minimum absolute atomic E-state index is 0.0239. The van der Waals surface area contributed by atoms with E-state index in [-0.39, 0.29) is 18.1 Å². The van der Waals surface area contributed by atoms with Gasteiger partial charge in [0.2, 0.25) is 0 Å². The van der Waals surface area contributed by atoms with E-state index in [0.717, 1.165) is 0 Å². The van der Waals surface area contributed by atoms with Gasteiger partial charge in [-0.15, -0.1) is 0 Å². The molecule has 1 fully saturated rings. The molecule has 110 valence electrons. The second-order valence-corrected chi connectivity index (χ2v) is 5.07. The molecule has 0 bridgehead atoms. The Kier molecular flexibility index (Phi) is 4.49. The van der Waals surface area contributed by atoms with Gasteiger partial charge >= 0.3 is 0 Å². The molecular formula is C15H21NO4. The molecule has 1 heterocycles. The first kappa shape index (κ1) is 14.7. The van der Waals surface area contributed by atoms with Crippen LogP contribution in [0.3, 0.4) is 0 Å². The number of amides is 1. The van der Waals surface area contributed by atoms with Crippen molar-refractivity contribution in [3.8, 4) is 11.5 Å². The molecule has 5 heteroatoms. The number of ether oxygens (including phenoxy) is 3. The summed E-state index contributed by atoms with van der Waals surface area (Å²) in [5.74, 6) is 1.20. The zero-order valence-electron chi connectivity index (χ0n) is 12.4. The number of nitrogens with zero attached hydrogens (tertiary/aromatic N) is 1. The molecular weight excluding hydrogens is 258 g/mol. The summed E-state index contributed by atoms with van der Waals surface area (Å²) < 4.78 is 16.1. The summed E-state index contributed by atoms with van der Waals surface area (Å²) in [4.78, 5) is 14.4. The summed E-state index contributed by atoms with van der Waals surface area (Å²) in [5, 5.41) is 0. The molecule has 0 radical (unpaired) electrons. The van der Waals surface area contributed by atoms with Gasteiger partial charge in [0.15, 0.2) is 0 Å². The third-order valence-electron chi connectivity index (χ3n) is 3.31. The lowest BCUT2D eigenvalue weighted by atomic mass is 10.1. The Morgan fingerprint density at radius 2 is 1.60 bits per heavy atom. The Morgan fingerprint density at radius 1 is 1.10 bits per heavy atom.